The molecule has 2 rings (SSSR count). The van der Waals surface area contributed by atoms with Crippen molar-refractivity contribution in [3.8, 4) is 5.88 Å². The molecule has 2 heterocycles. The van der Waals surface area contributed by atoms with Crippen LogP contribution in [0.5, 0.6) is 5.88 Å². The van der Waals surface area contributed by atoms with Crippen molar-refractivity contribution in [2.75, 3.05) is 25.7 Å². The summed E-state index contributed by atoms with van der Waals surface area (Å²) < 4.78 is 10.7. The van der Waals surface area contributed by atoms with E-state index in [9.17, 15) is 0 Å². The molecule has 0 fully saturated rings. The van der Waals surface area contributed by atoms with Crippen LogP contribution in [0.1, 0.15) is 5.56 Å². The molecule has 3 nitrogen and oxygen atoms in total. The maximum absolute atomic E-state index is 5.43. The molecule has 0 saturated carbocycles. The molecule has 1 aliphatic heterocycles. The summed E-state index contributed by atoms with van der Waals surface area (Å²) in [6, 6.07) is 3.92. The third kappa shape index (κ3) is 2.06. The fraction of sp³-hybridized carbons (Fsp3) is 0.364. The first-order valence-electron chi connectivity index (χ1n) is 4.70. The fourth-order valence-electron chi connectivity index (χ4n) is 1.64. The lowest BCUT2D eigenvalue weighted by Crippen LogP contribution is -1.97. The van der Waals surface area contributed by atoms with Crippen molar-refractivity contribution in [2.24, 2.45) is 0 Å². The molecule has 0 spiro atoms. The number of aromatic nitrogens is 1. The van der Waals surface area contributed by atoms with E-state index in [4.69, 9.17) is 9.47 Å². The topological polar surface area (TPSA) is 31.4 Å². The molecule has 80 valence electrons. The molecule has 0 atom stereocenters. The minimum Gasteiger partial charge on any atom is -0.481 e. The van der Waals surface area contributed by atoms with Gasteiger partial charge < -0.3 is 9.47 Å². The predicted octanol–water partition coefficient (Wildman–Crippen LogP) is 2.27. The van der Waals surface area contributed by atoms with E-state index in [2.05, 4.69) is 20.9 Å². The van der Waals surface area contributed by atoms with Crippen LogP contribution in [0.15, 0.2) is 23.9 Å². The summed E-state index contributed by atoms with van der Waals surface area (Å²) in [5.41, 5.74) is 3.49. The third-order valence-electron chi connectivity index (χ3n) is 2.40. The molecule has 0 bridgehead atoms. The van der Waals surface area contributed by atoms with Crippen molar-refractivity contribution < 1.29 is 9.47 Å². The van der Waals surface area contributed by atoms with Gasteiger partial charge in [0.1, 0.15) is 0 Å². The first kappa shape index (κ1) is 10.6. The maximum Gasteiger partial charge on any atom is 0.220 e. The summed E-state index contributed by atoms with van der Waals surface area (Å²) in [4.78, 5) is 4.18. The van der Waals surface area contributed by atoms with Gasteiger partial charge in [0.2, 0.25) is 5.88 Å². The Hall–Kier alpha value is -0.870. The summed E-state index contributed by atoms with van der Waals surface area (Å²) in [7, 11) is 1.63. The molecule has 0 amide bonds. The number of hydrogen-bond acceptors (Lipinski definition) is 3. The highest BCUT2D eigenvalue weighted by molar-refractivity contribution is 9.09. The van der Waals surface area contributed by atoms with Gasteiger partial charge in [-0.05, 0) is 23.3 Å². The molecule has 0 radical (unpaired) electrons. The predicted molar refractivity (Wildman–Crippen MR) is 62.3 cm³/mol. The summed E-state index contributed by atoms with van der Waals surface area (Å²) in [6.45, 7) is 1.33. The van der Waals surface area contributed by atoms with E-state index in [0.29, 0.717) is 19.1 Å². The summed E-state index contributed by atoms with van der Waals surface area (Å²) in [6.07, 6.45) is 1.73. The van der Waals surface area contributed by atoms with Crippen LogP contribution >= 0.6 is 15.9 Å². The second-order valence-corrected chi connectivity index (χ2v) is 3.83. The number of hydrogen-bond donors (Lipinski definition) is 0. The average molecular weight is 270 g/mol. The highest BCUT2D eigenvalue weighted by Gasteiger charge is 2.19. The molecular formula is C11H12BrNO2. The quantitative estimate of drug-likeness (QED) is 0.789. The van der Waals surface area contributed by atoms with Crippen molar-refractivity contribution in [1.29, 1.82) is 0 Å². The normalized spacial score (nSPS) is 15.9. The summed E-state index contributed by atoms with van der Waals surface area (Å²) in [5.74, 6) is 0.663. The molecule has 15 heavy (non-hydrogen) atoms. The zero-order chi connectivity index (χ0) is 10.7. The lowest BCUT2D eigenvalue weighted by molar-refractivity contribution is 0.211. The monoisotopic (exact) mass is 269 g/mol. The van der Waals surface area contributed by atoms with Gasteiger partial charge in [0.15, 0.2) is 0 Å². The molecule has 0 aliphatic carbocycles. The first-order chi connectivity index (χ1) is 7.36. The van der Waals surface area contributed by atoms with Crippen LogP contribution in [0.4, 0.5) is 0 Å². The van der Waals surface area contributed by atoms with Crippen LogP contribution in [0.25, 0.3) is 5.57 Å². The molecule has 0 unspecified atom stereocenters. The van der Waals surface area contributed by atoms with Gasteiger partial charge in [-0.3, -0.25) is 0 Å². The Balaban J connectivity index is 2.44. The number of ether oxygens (including phenoxy) is 2. The third-order valence-corrected chi connectivity index (χ3v) is 3.08. The number of pyridine rings is 1. The van der Waals surface area contributed by atoms with Crippen molar-refractivity contribution >= 4 is 21.5 Å². The second kappa shape index (κ2) is 4.77. The van der Waals surface area contributed by atoms with Crippen LogP contribution in [0.3, 0.4) is 0 Å². The summed E-state index contributed by atoms with van der Waals surface area (Å²) >= 11 is 3.46. The van der Waals surface area contributed by atoms with E-state index in [1.165, 1.54) is 11.1 Å². The molecule has 0 N–H and O–H groups in total. The van der Waals surface area contributed by atoms with Crippen molar-refractivity contribution in [3.05, 3.63) is 29.5 Å². The fourth-order valence-corrected chi connectivity index (χ4v) is 2.14. The largest absolute Gasteiger partial charge is 0.481 e. The molecule has 1 aromatic heterocycles. The standard InChI is InChI=1S/C11H12BrNO2/c1-14-11-9(3-2-4-13-11)10-7-15-6-8(10)5-12/h2-4H,5-7H2,1H3. The minimum atomic E-state index is 0.642. The highest BCUT2D eigenvalue weighted by atomic mass is 79.9. The van der Waals surface area contributed by atoms with Crippen molar-refractivity contribution in [1.82, 2.24) is 4.98 Å². The maximum atomic E-state index is 5.43. The SMILES string of the molecule is COc1ncccc1C1=C(CBr)COC1. The van der Waals surface area contributed by atoms with Crippen molar-refractivity contribution in [3.63, 3.8) is 0 Å². The van der Waals surface area contributed by atoms with Gasteiger partial charge in [0.25, 0.3) is 0 Å². The minimum absolute atomic E-state index is 0.642. The Kier molecular flexibility index (Phi) is 3.38. The molecule has 4 heteroatoms. The zero-order valence-corrected chi connectivity index (χ0v) is 10.1. The van der Waals surface area contributed by atoms with Gasteiger partial charge in [-0.2, -0.15) is 0 Å². The number of methoxy groups -OCH3 is 1. The van der Waals surface area contributed by atoms with Crippen LogP contribution < -0.4 is 4.74 Å². The van der Waals surface area contributed by atoms with Gasteiger partial charge in [0, 0.05) is 17.1 Å². The van der Waals surface area contributed by atoms with E-state index in [1.54, 1.807) is 13.3 Å². The van der Waals surface area contributed by atoms with E-state index >= 15 is 0 Å². The van der Waals surface area contributed by atoms with E-state index < -0.39 is 0 Å². The second-order valence-electron chi connectivity index (χ2n) is 3.27. The molecule has 0 saturated heterocycles. The van der Waals surface area contributed by atoms with Gasteiger partial charge >= 0.3 is 0 Å². The molecular weight excluding hydrogens is 258 g/mol. The van der Waals surface area contributed by atoms with Gasteiger partial charge in [-0.15, -0.1) is 0 Å². The Morgan fingerprint density at radius 1 is 1.53 bits per heavy atom. The van der Waals surface area contributed by atoms with Gasteiger partial charge in [-0.25, -0.2) is 4.98 Å². The van der Waals surface area contributed by atoms with Gasteiger partial charge in [0.05, 0.1) is 20.3 Å². The first-order valence-corrected chi connectivity index (χ1v) is 5.83. The zero-order valence-electron chi connectivity index (χ0n) is 8.50. The van der Waals surface area contributed by atoms with E-state index in [-0.39, 0.29) is 0 Å². The average Bonchev–Trinajstić information content (AvgIpc) is 2.76. The van der Waals surface area contributed by atoms with E-state index in [1.807, 2.05) is 12.1 Å². The summed E-state index contributed by atoms with van der Waals surface area (Å²) in [5, 5.41) is 0.834. The lowest BCUT2D eigenvalue weighted by atomic mass is 10.0. The molecule has 1 aliphatic rings. The lowest BCUT2D eigenvalue weighted by Gasteiger charge is -2.08. The number of nitrogens with zero attached hydrogens (tertiary/aromatic N) is 1. The Morgan fingerprint density at radius 3 is 3.13 bits per heavy atom. The van der Waals surface area contributed by atoms with E-state index in [0.717, 1.165) is 10.9 Å². The van der Waals surface area contributed by atoms with Crippen LogP contribution in [0, 0.1) is 0 Å². The highest BCUT2D eigenvalue weighted by Crippen LogP contribution is 2.30. The van der Waals surface area contributed by atoms with Crippen LogP contribution in [-0.2, 0) is 4.74 Å². The molecule has 1 aromatic rings. The van der Waals surface area contributed by atoms with Crippen LogP contribution in [0.2, 0.25) is 0 Å². The Morgan fingerprint density at radius 2 is 2.40 bits per heavy atom. The number of halogens is 1. The Labute approximate surface area is 97.2 Å². The Bertz CT molecular complexity index is 390. The van der Waals surface area contributed by atoms with Gasteiger partial charge in [-0.1, -0.05) is 15.9 Å². The smallest absolute Gasteiger partial charge is 0.220 e. The number of alkyl halides is 1. The van der Waals surface area contributed by atoms with Crippen LogP contribution in [-0.4, -0.2) is 30.6 Å². The van der Waals surface area contributed by atoms with Crippen molar-refractivity contribution in [2.45, 2.75) is 0 Å². The molecule has 0 aromatic carbocycles. The number of rotatable bonds is 3.